The fourth-order valence-electron chi connectivity index (χ4n) is 4.42. The first kappa shape index (κ1) is 17.4. The second-order valence-electron chi connectivity index (χ2n) is 7.60. The Labute approximate surface area is 145 Å². The topological polar surface area (TPSA) is 43.8 Å². The van der Waals surface area contributed by atoms with Gasteiger partial charge in [0.2, 0.25) is 0 Å². The van der Waals surface area contributed by atoms with Gasteiger partial charge in [0.05, 0.1) is 6.10 Å². The highest BCUT2D eigenvalue weighted by molar-refractivity contribution is 5.94. The molecule has 1 aromatic rings. The Bertz CT molecular complexity index is 573. The van der Waals surface area contributed by atoms with Gasteiger partial charge in [-0.25, -0.2) is 0 Å². The van der Waals surface area contributed by atoms with E-state index in [0.717, 1.165) is 31.5 Å². The summed E-state index contributed by atoms with van der Waals surface area (Å²) in [4.78, 5) is 16.3. The van der Waals surface area contributed by atoms with E-state index in [1.54, 1.807) is 19.0 Å². The average Bonchev–Trinajstić information content (AvgIpc) is 3.02. The van der Waals surface area contributed by atoms with Gasteiger partial charge in [-0.1, -0.05) is 25.0 Å². The first-order chi connectivity index (χ1) is 11.6. The van der Waals surface area contributed by atoms with Crippen molar-refractivity contribution in [2.24, 2.45) is 5.92 Å². The third-order valence-electron chi connectivity index (χ3n) is 5.66. The highest BCUT2D eigenvalue weighted by Gasteiger charge is 2.36. The molecule has 1 saturated carbocycles. The molecule has 1 N–H and O–H groups in total. The van der Waals surface area contributed by atoms with Crippen LogP contribution in [0, 0.1) is 5.92 Å². The summed E-state index contributed by atoms with van der Waals surface area (Å²) in [6.07, 6.45) is 6.80. The van der Waals surface area contributed by atoms with Crippen LogP contribution in [0.1, 0.15) is 54.4 Å². The summed E-state index contributed by atoms with van der Waals surface area (Å²) in [6.45, 7) is 1.97. The molecule has 1 saturated heterocycles. The molecule has 4 heteroatoms. The average molecular weight is 330 g/mol. The zero-order valence-corrected chi connectivity index (χ0v) is 14.9. The molecule has 1 amide bonds. The van der Waals surface area contributed by atoms with Gasteiger partial charge in [-0.3, -0.25) is 9.69 Å². The van der Waals surface area contributed by atoms with E-state index in [1.165, 1.54) is 31.2 Å². The van der Waals surface area contributed by atoms with Crippen LogP contribution in [0.15, 0.2) is 24.3 Å². The summed E-state index contributed by atoms with van der Waals surface area (Å²) in [5.74, 6) is 0.477. The summed E-state index contributed by atoms with van der Waals surface area (Å²) in [5, 5.41) is 10.4. The maximum atomic E-state index is 12.2. The highest BCUT2D eigenvalue weighted by atomic mass is 16.3. The smallest absolute Gasteiger partial charge is 0.253 e. The standard InChI is InChI=1S/C20H30N2O2/c1-21(2)20(24)16-8-5-7-15(13-16)14-22-12-6-10-18(22)17-9-3-4-11-19(17)23/h5,7-8,13,17-19,23H,3-4,6,9-12,14H2,1-2H3/t17-,18+,19-/m0/s1. The summed E-state index contributed by atoms with van der Waals surface area (Å²) in [6, 6.07) is 8.49. The van der Waals surface area contributed by atoms with E-state index in [4.69, 9.17) is 0 Å². The number of likely N-dealkylation sites (tertiary alicyclic amines) is 1. The molecule has 132 valence electrons. The molecular weight excluding hydrogens is 300 g/mol. The maximum Gasteiger partial charge on any atom is 0.253 e. The number of carbonyl (C=O) groups is 1. The van der Waals surface area contributed by atoms with Gasteiger partial charge in [0.15, 0.2) is 0 Å². The predicted octanol–water partition coefficient (Wildman–Crippen LogP) is 2.90. The summed E-state index contributed by atoms with van der Waals surface area (Å²) >= 11 is 0. The minimum Gasteiger partial charge on any atom is -0.393 e. The molecule has 2 aliphatic rings. The normalized spacial score (nSPS) is 28.0. The largest absolute Gasteiger partial charge is 0.393 e. The Morgan fingerprint density at radius 1 is 1.21 bits per heavy atom. The van der Waals surface area contributed by atoms with Crippen molar-refractivity contribution < 1.29 is 9.90 Å². The molecule has 3 rings (SSSR count). The van der Waals surface area contributed by atoms with Crippen LogP contribution < -0.4 is 0 Å². The quantitative estimate of drug-likeness (QED) is 0.923. The molecule has 0 unspecified atom stereocenters. The lowest BCUT2D eigenvalue weighted by Gasteiger charge is -2.37. The van der Waals surface area contributed by atoms with Crippen molar-refractivity contribution in [1.29, 1.82) is 0 Å². The van der Waals surface area contributed by atoms with Gasteiger partial charge >= 0.3 is 0 Å². The van der Waals surface area contributed by atoms with Crippen LogP contribution >= 0.6 is 0 Å². The molecule has 4 nitrogen and oxygen atoms in total. The Kier molecular flexibility index (Phi) is 5.57. The number of hydrogen-bond acceptors (Lipinski definition) is 3. The minimum atomic E-state index is -0.133. The lowest BCUT2D eigenvalue weighted by molar-refractivity contribution is 0.0201. The van der Waals surface area contributed by atoms with Gasteiger partial charge in [-0.15, -0.1) is 0 Å². The molecular formula is C20H30N2O2. The fourth-order valence-corrected chi connectivity index (χ4v) is 4.42. The molecule has 0 bridgehead atoms. The van der Waals surface area contributed by atoms with Crippen LogP contribution in [-0.4, -0.2) is 53.6 Å². The third kappa shape index (κ3) is 3.81. The second kappa shape index (κ2) is 7.66. The van der Waals surface area contributed by atoms with E-state index < -0.39 is 0 Å². The predicted molar refractivity (Wildman–Crippen MR) is 95.9 cm³/mol. The van der Waals surface area contributed by atoms with Gasteiger partial charge in [0, 0.05) is 38.2 Å². The number of rotatable bonds is 4. The van der Waals surface area contributed by atoms with Crippen molar-refractivity contribution in [2.75, 3.05) is 20.6 Å². The van der Waals surface area contributed by atoms with Crippen LogP contribution in [0.4, 0.5) is 0 Å². The number of carbonyl (C=O) groups excluding carboxylic acids is 1. The molecule has 1 aliphatic heterocycles. The number of aliphatic hydroxyl groups is 1. The summed E-state index contributed by atoms with van der Waals surface area (Å²) < 4.78 is 0. The van der Waals surface area contributed by atoms with Crippen molar-refractivity contribution in [1.82, 2.24) is 9.80 Å². The molecule has 0 radical (unpaired) electrons. The minimum absolute atomic E-state index is 0.0533. The molecule has 24 heavy (non-hydrogen) atoms. The van der Waals surface area contributed by atoms with Crippen LogP contribution in [0.25, 0.3) is 0 Å². The molecule has 0 aromatic heterocycles. The fraction of sp³-hybridized carbons (Fsp3) is 0.650. The first-order valence-corrected chi connectivity index (χ1v) is 9.29. The highest BCUT2D eigenvalue weighted by Crippen LogP contribution is 2.35. The first-order valence-electron chi connectivity index (χ1n) is 9.29. The second-order valence-corrected chi connectivity index (χ2v) is 7.60. The molecule has 2 fully saturated rings. The third-order valence-corrected chi connectivity index (χ3v) is 5.66. The van der Waals surface area contributed by atoms with Crippen LogP contribution in [-0.2, 0) is 6.54 Å². The van der Waals surface area contributed by atoms with E-state index in [9.17, 15) is 9.90 Å². The van der Waals surface area contributed by atoms with Crippen LogP contribution in [0.2, 0.25) is 0 Å². The van der Waals surface area contributed by atoms with Gasteiger partial charge in [-0.05, 0) is 49.9 Å². The monoisotopic (exact) mass is 330 g/mol. The number of nitrogens with zero attached hydrogens (tertiary/aromatic N) is 2. The summed E-state index contributed by atoms with van der Waals surface area (Å²) in [5.41, 5.74) is 1.95. The van der Waals surface area contributed by atoms with Crippen molar-refractivity contribution in [3.8, 4) is 0 Å². The van der Waals surface area contributed by atoms with Crippen molar-refractivity contribution in [2.45, 2.75) is 57.2 Å². The molecule has 3 atom stereocenters. The van der Waals surface area contributed by atoms with E-state index in [2.05, 4.69) is 11.0 Å². The zero-order chi connectivity index (χ0) is 17.1. The number of aliphatic hydroxyl groups excluding tert-OH is 1. The lowest BCUT2D eigenvalue weighted by atomic mass is 9.80. The molecule has 0 spiro atoms. The van der Waals surface area contributed by atoms with Gasteiger partial charge in [-0.2, -0.15) is 0 Å². The molecule has 1 heterocycles. The van der Waals surface area contributed by atoms with Crippen molar-refractivity contribution in [3.63, 3.8) is 0 Å². The maximum absolute atomic E-state index is 12.2. The van der Waals surface area contributed by atoms with E-state index in [1.807, 2.05) is 18.2 Å². The number of benzene rings is 1. The van der Waals surface area contributed by atoms with Crippen molar-refractivity contribution >= 4 is 5.91 Å². The van der Waals surface area contributed by atoms with Gasteiger partial charge < -0.3 is 10.0 Å². The van der Waals surface area contributed by atoms with Gasteiger partial charge in [0.25, 0.3) is 5.91 Å². The lowest BCUT2D eigenvalue weighted by Crippen LogP contribution is -2.42. The van der Waals surface area contributed by atoms with E-state index in [0.29, 0.717) is 12.0 Å². The van der Waals surface area contributed by atoms with Gasteiger partial charge in [0.1, 0.15) is 0 Å². The Hall–Kier alpha value is -1.39. The number of hydrogen-bond donors (Lipinski definition) is 1. The van der Waals surface area contributed by atoms with E-state index >= 15 is 0 Å². The Morgan fingerprint density at radius 3 is 2.75 bits per heavy atom. The van der Waals surface area contributed by atoms with Crippen LogP contribution in [0.3, 0.4) is 0 Å². The Morgan fingerprint density at radius 2 is 2.00 bits per heavy atom. The molecule has 1 aromatic carbocycles. The Balaban J connectivity index is 1.70. The van der Waals surface area contributed by atoms with Crippen LogP contribution in [0.5, 0.6) is 0 Å². The zero-order valence-electron chi connectivity index (χ0n) is 14.9. The number of amides is 1. The summed E-state index contributed by atoms with van der Waals surface area (Å²) in [7, 11) is 3.58. The van der Waals surface area contributed by atoms with E-state index in [-0.39, 0.29) is 12.0 Å². The SMILES string of the molecule is CN(C)C(=O)c1cccc(CN2CCC[C@@H]2[C@@H]2CCCC[C@@H]2O)c1. The van der Waals surface area contributed by atoms with Crippen molar-refractivity contribution in [3.05, 3.63) is 35.4 Å². The molecule has 1 aliphatic carbocycles.